The molecule has 1 aromatic carbocycles. The molecule has 0 bridgehead atoms. The molecule has 1 fully saturated rings. The van der Waals surface area contributed by atoms with E-state index >= 15 is 0 Å². The lowest BCUT2D eigenvalue weighted by atomic mass is 9.69. The highest BCUT2D eigenvalue weighted by Crippen LogP contribution is 2.43. The van der Waals surface area contributed by atoms with Gasteiger partial charge in [0.25, 0.3) is 0 Å². The van der Waals surface area contributed by atoms with Gasteiger partial charge in [0.05, 0.1) is 4.75 Å². The van der Waals surface area contributed by atoms with E-state index in [1.165, 1.54) is 12.1 Å². The topological polar surface area (TPSA) is 38.7 Å². The molecule has 0 radical (unpaired) electrons. The molecule has 0 heterocycles. The highest BCUT2D eigenvalue weighted by atomic mass is 32.2. The van der Waals surface area contributed by atoms with Crippen molar-refractivity contribution in [1.29, 1.82) is 0 Å². The first-order chi connectivity index (χ1) is 13.2. The molecule has 0 N–H and O–H groups in total. The Morgan fingerprint density at radius 1 is 1.10 bits per heavy atom. The van der Waals surface area contributed by atoms with E-state index in [-0.39, 0.29) is 22.4 Å². The molecule has 1 aliphatic rings. The van der Waals surface area contributed by atoms with Crippen molar-refractivity contribution in [1.82, 2.24) is 0 Å². The van der Waals surface area contributed by atoms with E-state index < -0.39 is 24.1 Å². The normalized spacial score (nSPS) is 25.3. The van der Waals surface area contributed by atoms with Crippen LogP contribution in [0.2, 0.25) is 18.1 Å². The van der Waals surface area contributed by atoms with Gasteiger partial charge in [-0.1, -0.05) is 32.9 Å². The molecule has 0 saturated heterocycles. The number of benzene rings is 1. The molecule has 1 aliphatic carbocycles. The second-order valence-corrected chi connectivity index (χ2v) is 17.5. The average molecular weight is 440 g/mol. The lowest BCUT2D eigenvalue weighted by molar-refractivity contribution is 0.121. The first-order valence-corrected chi connectivity index (χ1v) is 14.6. The fourth-order valence-corrected chi connectivity index (χ4v) is 5.44. The van der Waals surface area contributed by atoms with Crippen LogP contribution in [0, 0.1) is 5.82 Å². The quantitative estimate of drug-likeness (QED) is 0.385. The molecule has 1 unspecified atom stereocenters. The van der Waals surface area contributed by atoms with Gasteiger partial charge in [-0.15, -0.1) is 0 Å². The minimum Gasteiger partial charge on any atom is -0.414 e. The second-order valence-electron chi connectivity index (χ2n) is 10.8. The van der Waals surface area contributed by atoms with Crippen LogP contribution < -0.4 is 0 Å². The molecule has 0 amide bonds. The van der Waals surface area contributed by atoms with Crippen molar-refractivity contribution in [3.63, 3.8) is 0 Å². The maximum atomic E-state index is 13.5. The molecule has 6 heteroatoms. The second kappa shape index (κ2) is 8.72. The molecule has 29 heavy (non-hydrogen) atoms. The zero-order valence-corrected chi connectivity index (χ0v) is 21.2. The Hall–Kier alpha value is -0.853. The summed E-state index contributed by atoms with van der Waals surface area (Å²) in [6.07, 6.45) is 5.71. The molecule has 1 saturated carbocycles. The fraction of sp³-hybridized carbons (Fsp3) is 0.696. The average Bonchev–Trinajstić information content (AvgIpc) is 2.59. The molecule has 3 nitrogen and oxygen atoms in total. The van der Waals surface area contributed by atoms with Gasteiger partial charge in [0.2, 0.25) is 0 Å². The van der Waals surface area contributed by atoms with Crippen molar-refractivity contribution in [3.8, 4) is 0 Å². The Kier molecular flexibility index (Phi) is 7.34. The van der Waals surface area contributed by atoms with Gasteiger partial charge in [-0.2, -0.15) is 4.40 Å². The van der Waals surface area contributed by atoms with Gasteiger partial charge in [0, 0.05) is 17.7 Å². The number of halogens is 1. The number of nitrogens with zero attached hydrogens (tertiary/aromatic N) is 1. The van der Waals surface area contributed by atoms with Gasteiger partial charge in [0.1, 0.15) is 16.8 Å². The van der Waals surface area contributed by atoms with Crippen molar-refractivity contribution >= 4 is 25.5 Å². The third-order valence-electron chi connectivity index (χ3n) is 6.43. The molecule has 2 rings (SSSR count). The van der Waals surface area contributed by atoms with E-state index in [0.717, 1.165) is 31.2 Å². The summed E-state index contributed by atoms with van der Waals surface area (Å²) >= 11 is 0. The highest BCUT2D eigenvalue weighted by Gasteiger charge is 2.42. The van der Waals surface area contributed by atoms with E-state index in [1.54, 1.807) is 0 Å². The van der Waals surface area contributed by atoms with Gasteiger partial charge >= 0.3 is 0 Å². The van der Waals surface area contributed by atoms with Crippen LogP contribution in [-0.4, -0.2) is 29.6 Å². The zero-order valence-electron chi connectivity index (χ0n) is 19.3. The molecular formula is C23H38FNO2SSi. The Morgan fingerprint density at radius 2 is 1.62 bits per heavy atom. The van der Waals surface area contributed by atoms with E-state index in [0.29, 0.717) is 0 Å². The zero-order chi connectivity index (χ0) is 22.1. The van der Waals surface area contributed by atoms with Crippen molar-refractivity contribution in [2.75, 3.05) is 0 Å². The van der Waals surface area contributed by atoms with Crippen LogP contribution in [0.25, 0.3) is 0 Å². The minimum absolute atomic E-state index is 0.184. The van der Waals surface area contributed by atoms with E-state index in [9.17, 15) is 8.60 Å². The smallest absolute Gasteiger partial charge is 0.192 e. The standard InChI is InChI=1S/C23H38FNO2SSi/c1-21(2,3)28(26)25-17-23(18-9-11-19(24)12-10-18)15-13-20(14-16-23)27-29(7,8)22(4,5)6/h9-12,17,20H,13-16H2,1-8H3. The minimum atomic E-state index is -1.82. The van der Waals surface area contributed by atoms with E-state index in [2.05, 4.69) is 38.3 Å². The summed E-state index contributed by atoms with van der Waals surface area (Å²) in [4.78, 5) is 0. The molecular weight excluding hydrogens is 401 g/mol. The monoisotopic (exact) mass is 439 g/mol. The summed E-state index contributed by atoms with van der Waals surface area (Å²) in [5.74, 6) is -0.242. The molecule has 1 atom stereocenters. The van der Waals surface area contributed by atoms with Gasteiger partial charge in [-0.25, -0.2) is 8.60 Å². The van der Waals surface area contributed by atoms with Crippen LogP contribution >= 0.6 is 0 Å². The Bertz CT molecular complexity index is 740. The molecule has 0 aromatic heterocycles. The predicted molar refractivity (Wildman–Crippen MR) is 125 cm³/mol. The van der Waals surface area contributed by atoms with Crippen LogP contribution in [0.3, 0.4) is 0 Å². The molecule has 1 aromatic rings. The predicted octanol–water partition coefficient (Wildman–Crippen LogP) is 6.56. The SMILES string of the molecule is CC(C)(C)S(=O)N=CC1(c2ccc(F)cc2)CCC(O[Si](C)(C)C(C)(C)C)CC1. The maximum absolute atomic E-state index is 13.5. The van der Waals surface area contributed by atoms with Crippen LogP contribution in [0.5, 0.6) is 0 Å². The molecule has 164 valence electrons. The number of rotatable bonds is 5. The maximum Gasteiger partial charge on any atom is 0.192 e. The highest BCUT2D eigenvalue weighted by molar-refractivity contribution is 7.85. The summed E-state index contributed by atoms with van der Waals surface area (Å²) in [5.41, 5.74) is 0.723. The van der Waals surface area contributed by atoms with Crippen LogP contribution in [0.4, 0.5) is 4.39 Å². The lowest BCUT2D eigenvalue weighted by Crippen LogP contribution is -2.46. The van der Waals surface area contributed by atoms with E-state index in [4.69, 9.17) is 4.43 Å². The van der Waals surface area contributed by atoms with Gasteiger partial charge in [0.15, 0.2) is 8.32 Å². The number of hydrogen-bond acceptors (Lipinski definition) is 2. The van der Waals surface area contributed by atoms with Crippen LogP contribution in [0.15, 0.2) is 28.7 Å². The van der Waals surface area contributed by atoms with Crippen molar-refractivity contribution < 1.29 is 13.0 Å². The first kappa shape index (κ1) is 24.4. The van der Waals surface area contributed by atoms with Gasteiger partial charge < -0.3 is 4.43 Å². The van der Waals surface area contributed by atoms with Crippen molar-refractivity contribution in [2.24, 2.45) is 4.40 Å². The van der Waals surface area contributed by atoms with Gasteiger partial charge in [-0.3, -0.25) is 0 Å². The van der Waals surface area contributed by atoms with Crippen LogP contribution in [0.1, 0.15) is 72.8 Å². The summed E-state index contributed by atoms with van der Waals surface area (Å²) < 4.78 is 36.7. The molecule has 0 aliphatic heterocycles. The van der Waals surface area contributed by atoms with Gasteiger partial charge in [-0.05, 0) is 82.3 Å². The Morgan fingerprint density at radius 3 is 2.07 bits per heavy atom. The summed E-state index contributed by atoms with van der Waals surface area (Å²) in [6, 6.07) is 6.69. The fourth-order valence-electron chi connectivity index (χ4n) is 3.40. The summed E-state index contributed by atoms with van der Waals surface area (Å²) in [6.45, 7) is 17.2. The third kappa shape index (κ3) is 6.08. The summed E-state index contributed by atoms with van der Waals surface area (Å²) in [7, 11) is -3.13. The first-order valence-electron chi connectivity index (χ1n) is 10.6. The lowest BCUT2D eigenvalue weighted by Gasteiger charge is -2.44. The third-order valence-corrected chi connectivity index (χ3v) is 12.3. The number of hydrogen-bond donors (Lipinski definition) is 0. The van der Waals surface area contributed by atoms with Crippen LogP contribution in [-0.2, 0) is 20.8 Å². The summed E-state index contributed by atoms with van der Waals surface area (Å²) in [5, 5.41) is 0.184. The Labute approximate surface area is 180 Å². The van der Waals surface area contributed by atoms with E-state index in [1.807, 2.05) is 39.1 Å². The largest absolute Gasteiger partial charge is 0.414 e. The van der Waals surface area contributed by atoms with Crippen molar-refractivity contribution in [3.05, 3.63) is 35.6 Å². The Balaban J connectivity index is 2.25. The molecule has 0 spiro atoms. The van der Waals surface area contributed by atoms with Crippen molar-refractivity contribution in [2.45, 2.75) is 102 Å².